The number of non-ortho nitro benzene ring substituents is 1. The molecule has 18 heavy (non-hydrogen) atoms. The minimum absolute atomic E-state index is 0.0415. The van der Waals surface area contributed by atoms with Crippen LogP contribution in [-0.2, 0) is 0 Å². The van der Waals surface area contributed by atoms with Crippen LogP contribution >= 0.6 is 15.9 Å². The van der Waals surface area contributed by atoms with E-state index in [-0.39, 0.29) is 5.69 Å². The third kappa shape index (κ3) is 4.87. The van der Waals surface area contributed by atoms with Gasteiger partial charge < -0.3 is 4.74 Å². The number of hydrogen-bond acceptors (Lipinski definition) is 3. The first-order chi connectivity index (χ1) is 8.65. The smallest absolute Gasteiger partial charge is 0.273 e. The minimum atomic E-state index is -0.427. The number of nitro benzene ring substituents is 1. The fraction of sp³-hybridized carbons (Fsp3) is 0.385. The molecule has 0 aliphatic rings. The summed E-state index contributed by atoms with van der Waals surface area (Å²) in [5.74, 6) is 0.521. The fourth-order valence-corrected chi connectivity index (χ4v) is 1.83. The van der Waals surface area contributed by atoms with Crippen LogP contribution in [0.3, 0.4) is 0 Å². The molecule has 0 radical (unpaired) electrons. The zero-order valence-corrected chi connectivity index (χ0v) is 11.7. The lowest BCUT2D eigenvalue weighted by Crippen LogP contribution is -1.99. The molecule has 0 saturated heterocycles. The van der Waals surface area contributed by atoms with Gasteiger partial charge in [0.15, 0.2) is 0 Å². The Morgan fingerprint density at radius 1 is 1.39 bits per heavy atom. The topological polar surface area (TPSA) is 52.4 Å². The number of benzene rings is 1. The van der Waals surface area contributed by atoms with Crippen molar-refractivity contribution in [1.29, 1.82) is 0 Å². The van der Waals surface area contributed by atoms with E-state index in [0.717, 1.165) is 30.2 Å². The molecule has 0 aliphatic heterocycles. The van der Waals surface area contributed by atoms with Gasteiger partial charge in [-0.15, -0.1) is 6.58 Å². The molecule has 0 bridgehead atoms. The summed E-state index contributed by atoms with van der Waals surface area (Å²) in [7, 11) is 0. The molecule has 1 aromatic rings. The third-order valence-corrected chi connectivity index (χ3v) is 3.09. The molecule has 0 heterocycles. The maximum absolute atomic E-state index is 10.6. The van der Waals surface area contributed by atoms with Crippen LogP contribution in [0.4, 0.5) is 5.69 Å². The average Bonchev–Trinajstić information content (AvgIpc) is 2.35. The van der Waals surface area contributed by atoms with Gasteiger partial charge in [0, 0.05) is 6.07 Å². The number of unbranched alkanes of at least 4 members (excludes halogenated alkanes) is 3. The van der Waals surface area contributed by atoms with Crippen molar-refractivity contribution in [3.05, 3.63) is 45.4 Å². The van der Waals surface area contributed by atoms with Crippen molar-refractivity contribution in [3.63, 3.8) is 0 Å². The van der Waals surface area contributed by atoms with E-state index in [0.29, 0.717) is 12.4 Å². The van der Waals surface area contributed by atoms with Gasteiger partial charge in [0.25, 0.3) is 5.69 Å². The van der Waals surface area contributed by atoms with Crippen molar-refractivity contribution in [1.82, 2.24) is 0 Å². The normalized spacial score (nSPS) is 10.1. The van der Waals surface area contributed by atoms with Gasteiger partial charge in [-0.3, -0.25) is 10.1 Å². The van der Waals surface area contributed by atoms with Crippen LogP contribution in [0.1, 0.15) is 25.7 Å². The highest BCUT2D eigenvalue weighted by molar-refractivity contribution is 9.10. The van der Waals surface area contributed by atoms with Gasteiger partial charge >= 0.3 is 0 Å². The summed E-state index contributed by atoms with van der Waals surface area (Å²) < 4.78 is 6.27. The number of nitrogens with zero attached hydrogens (tertiary/aromatic N) is 1. The summed E-state index contributed by atoms with van der Waals surface area (Å²) in [6.45, 7) is 4.23. The summed E-state index contributed by atoms with van der Waals surface area (Å²) in [4.78, 5) is 10.2. The maximum atomic E-state index is 10.6. The first-order valence-corrected chi connectivity index (χ1v) is 6.62. The van der Waals surface area contributed by atoms with Gasteiger partial charge in [-0.2, -0.15) is 0 Å². The monoisotopic (exact) mass is 313 g/mol. The highest BCUT2D eigenvalue weighted by Gasteiger charge is 2.10. The lowest BCUT2D eigenvalue weighted by molar-refractivity contribution is -0.385. The number of nitro groups is 1. The Morgan fingerprint density at radius 2 is 2.17 bits per heavy atom. The largest absolute Gasteiger partial charge is 0.492 e. The summed E-state index contributed by atoms with van der Waals surface area (Å²) in [6, 6.07) is 4.51. The molecular weight excluding hydrogens is 298 g/mol. The van der Waals surface area contributed by atoms with Crippen molar-refractivity contribution in [2.75, 3.05) is 6.61 Å². The van der Waals surface area contributed by atoms with Crippen LogP contribution in [0.5, 0.6) is 5.75 Å². The molecule has 1 rings (SSSR count). The summed E-state index contributed by atoms with van der Waals surface area (Å²) in [5, 5.41) is 10.6. The molecule has 98 valence electrons. The third-order valence-electron chi connectivity index (χ3n) is 2.44. The highest BCUT2D eigenvalue weighted by atomic mass is 79.9. The van der Waals surface area contributed by atoms with Crippen LogP contribution in [0.2, 0.25) is 0 Å². The second kappa shape index (κ2) is 7.87. The van der Waals surface area contributed by atoms with E-state index >= 15 is 0 Å². The Morgan fingerprint density at radius 3 is 2.83 bits per heavy atom. The van der Waals surface area contributed by atoms with Gasteiger partial charge in [-0.1, -0.05) is 6.08 Å². The van der Waals surface area contributed by atoms with Crippen molar-refractivity contribution in [2.45, 2.75) is 25.7 Å². The number of ether oxygens (including phenoxy) is 1. The van der Waals surface area contributed by atoms with E-state index in [2.05, 4.69) is 22.5 Å². The van der Waals surface area contributed by atoms with Gasteiger partial charge in [0.05, 0.1) is 22.1 Å². The SMILES string of the molecule is C=CCCCCCOc1cc([N+](=O)[O-])ccc1Br. The molecule has 0 unspecified atom stereocenters. The van der Waals surface area contributed by atoms with Crippen molar-refractivity contribution in [2.24, 2.45) is 0 Å². The van der Waals surface area contributed by atoms with Crippen LogP contribution in [0.25, 0.3) is 0 Å². The van der Waals surface area contributed by atoms with Gasteiger partial charge in [0.2, 0.25) is 0 Å². The molecule has 0 N–H and O–H groups in total. The van der Waals surface area contributed by atoms with E-state index in [9.17, 15) is 10.1 Å². The molecular formula is C13H16BrNO3. The molecule has 0 aliphatic carbocycles. The highest BCUT2D eigenvalue weighted by Crippen LogP contribution is 2.29. The maximum Gasteiger partial charge on any atom is 0.273 e. The standard InChI is InChI=1S/C13H16BrNO3/c1-2-3-4-5-6-9-18-13-10-11(15(16)17)7-8-12(13)14/h2,7-8,10H,1,3-6,9H2. The van der Waals surface area contributed by atoms with Gasteiger partial charge in [-0.25, -0.2) is 0 Å². The first kappa shape index (κ1) is 14.7. The molecule has 0 amide bonds. The Bertz CT molecular complexity index is 421. The second-order valence-corrected chi connectivity index (χ2v) is 4.71. The van der Waals surface area contributed by atoms with Crippen molar-refractivity contribution < 1.29 is 9.66 Å². The second-order valence-electron chi connectivity index (χ2n) is 3.86. The Kier molecular flexibility index (Phi) is 6.43. The van der Waals surface area contributed by atoms with Crippen LogP contribution in [0, 0.1) is 10.1 Å². The van der Waals surface area contributed by atoms with Gasteiger partial charge in [0.1, 0.15) is 5.75 Å². The van der Waals surface area contributed by atoms with Crippen LogP contribution in [0.15, 0.2) is 35.3 Å². The molecule has 5 heteroatoms. The Hall–Kier alpha value is -1.36. The molecule has 0 aromatic heterocycles. The van der Waals surface area contributed by atoms with Crippen LogP contribution < -0.4 is 4.74 Å². The van der Waals surface area contributed by atoms with E-state index in [1.807, 2.05) is 6.08 Å². The van der Waals surface area contributed by atoms with E-state index in [1.54, 1.807) is 6.07 Å². The van der Waals surface area contributed by atoms with E-state index in [4.69, 9.17) is 4.74 Å². The van der Waals surface area contributed by atoms with Gasteiger partial charge in [-0.05, 0) is 47.7 Å². The number of halogens is 1. The van der Waals surface area contributed by atoms with Crippen molar-refractivity contribution >= 4 is 21.6 Å². The molecule has 0 fully saturated rings. The van der Waals surface area contributed by atoms with E-state index < -0.39 is 4.92 Å². The molecule has 0 saturated carbocycles. The zero-order chi connectivity index (χ0) is 13.4. The zero-order valence-electron chi connectivity index (χ0n) is 10.1. The first-order valence-electron chi connectivity index (χ1n) is 5.83. The lowest BCUT2D eigenvalue weighted by atomic mass is 10.2. The summed E-state index contributed by atoms with van der Waals surface area (Å²) >= 11 is 3.31. The predicted molar refractivity (Wildman–Crippen MR) is 75.0 cm³/mol. The predicted octanol–water partition coefficient (Wildman–Crippen LogP) is 4.48. The quantitative estimate of drug-likeness (QED) is 0.307. The minimum Gasteiger partial charge on any atom is -0.492 e. The Balaban J connectivity index is 2.43. The summed E-state index contributed by atoms with van der Waals surface area (Å²) in [5.41, 5.74) is 0.0415. The molecule has 4 nitrogen and oxygen atoms in total. The van der Waals surface area contributed by atoms with Crippen molar-refractivity contribution in [3.8, 4) is 5.75 Å². The molecule has 1 aromatic carbocycles. The molecule has 0 atom stereocenters. The van der Waals surface area contributed by atoms with E-state index in [1.165, 1.54) is 12.1 Å². The number of allylic oxidation sites excluding steroid dienone is 1. The van der Waals surface area contributed by atoms with Crippen LogP contribution in [-0.4, -0.2) is 11.5 Å². The summed E-state index contributed by atoms with van der Waals surface area (Å²) in [6.07, 6.45) is 6.02. The number of rotatable bonds is 8. The number of hydrogen-bond donors (Lipinski definition) is 0. The fourth-order valence-electron chi connectivity index (χ4n) is 1.47. The molecule has 0 spiro atoms. The Labute approximate surface area is 115 Å². The average molecular weight is 314 g/mol. The lowest BCUT2D eigenvalue weighted by Gasteiger charge is -2.07.